The Hall–Kier alpha value is -1.62. The molecule has 1 aliphatic rings. The highest BCUT2D eigenvalue weighted by Gasteiger charge is 2.25. The van der Waals surface area contributed by atoms with Crippen LogP contribution >= 0.6 is 0 Å². The van der Waals surface area contributed by atoms with Gasteiger partial charge in [0.25, 0.3) is 5.91 Å². The molecule has 5 heteroatoms. The highest BCUT2D eigenvalue weighted by atomic mass is 16.2. The van der Waals surface area contributed by atoms with Gasteiger partial charge in [-0.15, -0.1) is 6.58 Å². The minimum atomic E-state index is 0.0904. The number of amides is 1. The van der Waals surface area contributed by atoms with Crippen LogP contribution in [0.15, 0.2) is 18.9 Å². The number of carbonyl (C=O) groups excluding carboxylic acids is 1. The zero-order valence-corrected chi connectivity index (χ0v) is 11.8. The van der Waals surface area contributed by atoms with E-state index in [2.05, 4.69) is 23.5 Å². The number of carbonyl (C=O) groups is 1. The molecule has 0 aromatic carbocycles. The lowest BCUT2D eigenvalue weighted by Gasteiger charge is -2.34. The van der Waals surface area contributed by atoms with Crippen LogP contribution in [-0.2, 0) is 13.5 Å². The maximum absolute atomic E-state index is 12.6. The number of hydrogen-bond acceptors (Lipinski definition) is 3. The topological polar surface area (TPSA) is 41.4 Å². The second-order valence-corrected chi connectivity index (χ2v) is 4.86. The summed E-state index contributed by atoms with van der Waals surface area (Å²) < 4.78 is 1.67. The van der Waals surface area contributed by atoms with E-state index in [0.29, 0.717) is 12.1 Å². The Balaban J connectivity index is 2.11. The maximum atomic E-state index is 12.6. The molecule has 0 aliphatic carbocycles. The van der Waals surface area contributed by atoms with Gasteiger partial charge < -0.3 is 9.80 Å². The molecule has 0 saturated carbocycles. The largest absolute Gasteiger partial charge is 0.335 e. The molecule has 2 rings (SSSR count). The molecule has 1 aliphatic heterocycles. The fourth-order valence-electron chi connectivity index (χ4n) is 2.48. The number of aryl methyl sites for hydroxylation is 1. The second-order valence-electron chi connectivity index (χ2n) is 4.86. The van der Waals surface area contributed by atoms with Crippen LogP contribution in [0.3, 0.4) is 0 Å². The zero-order chi connectivity index (χ0) is 13.8. The number of rotatable bonds is 4. The molecule has 0 atom stereocenters. The Morgan fingerprint density at radius 3 is 2.68 bits per heavy atom. The number of allylic oxidation sites excluding steroid dienone is 1. The summed E-state index contributed by atoms with van der Waals surface area (Å²) in [5.74, 6) is 0.0904. The third-order valence-corrected chi connectivity index (χ3v) is 3.69. The number of nitrogens with zero attached hydrogens (tertiary/aromatic N) is 4. The minimum absolute atomic E-state index is 0.0904. The Kier molecular flexibility index (Phi) is 4.37. The normalized spacial score (nSPS) is 16.6. The lowest BCUT2D eigenvalue weighted by atomic mass is 10.1. The Morgan fingerprint density at radius 1 is 1.42 bits per heavy atom. The van der Waals surface area contributed by atoms with Crippen molar-refractivity contribution in [3.05, 3.63) is 30.1 Å². The van der Waals surface area contributed by atoms with Gasteiger partial charge in [-0.1, -0.05) is 13.0 Å². The molecule has 1 saturated heterocycles. The SMILES string of the molecule is C=CCc1cnn(C)c1C(=O)N1CCN(CC)CC1. The first-order chi connectivity index (χ1) is 9.17. The molecule has 1 aromatic rings. The van der Waals surface area contributed by atoms with Crippen LogP contribution < -0.4 is 0 Å². The van der Waals surface area contributed by atoms with Gasteiger partial charge in [-0.2, -0.15) is 5.10 Å². The third-order valence-electron chi connectivity index (χ3n) is 3.69. The lowest BCUT2D eigenvalue weighted by molar-refractivity contribution is 0.0631. The molecule has 104 valence electrons. The fourth-order valence-corrected chi connectivity index (χ4v) is 2.48. The molecule has 0 bridgehead atoms. The molecule has 5 nitrogen and oxygen atoms in total. The van der Waals surface area contributed by atoms with E-state index in [0.717, 1.165) is 38.3 Å². The first-order valence-corrected chi connectivity index (χ1v) is 6.80. The molecule has 0 spiro atoms. The van der Waals surface area contributed by atoms with Crippen LogP contribution in [0.4, 0.5) is 0 Å². The van der Waals surface area contributed by atoms with Crippen molar-refractivity contribution in [3.8, 4) is 0 Å². The number of aromatic nitrogens is 2. The van der Waals surface area contributed by atoms with Gasteiger partial charge in [0.1, 0.15) is 5.69 Å². The van der Waals surface area contributed by atoms with E-state index in [4.69, 9.17) is 0 Å². The van der Waals surface area contributed by atoms with E-state index >= 15 is 0 Å². The zero-order valence-electron chi connectivity index (χ0n) is 11.8. The lowest BCUT2D eigenvalue weighted by Crippen LogP contribution is -2.49. The molecule has 0 N–H and O–H groups in total. The summed E-state index contributed by atoms with van der Waals surface area (Å²) in [6.07, 6.45) is 4.25. The summed E-state index contributed by atoms with van der Waals surface area (Å²) in [4.78, 5) is 16.9. The van der Waals surface area contributed by atoms with Gasteiger partial charge in [0.15, 0.2) is 0 Å². The van der Waals surface area contributed by atoms with Crippen LogP contribution in [-0.4, -0.2) is 58.2 Å². The molecule has 1 aromatic heterocycles. The van der Waals surface area contributed by atoms with E-state index in [1.54, 1.807) is 10.9 Å². The third kappa shape index (κ3) is 2.87. The molecule has 19 heavy (non-hydrogen) atoms. The van der Waals surface area contributed by atoms with Crippen molar-refractivity contribution in [2.75, 3.05) is 32.7 Å². The summed E-state index contributed by atoms with van der Waals surface area (Å²) in [6.45, 7) is 10.4. The average molecular weight is 262 g/mol. The highest BCUT2D eigenvalue weighted by molar-refractivity contribution is 5.94. The summed E-state index contributed by atoms with van der Waals surface area (Å²) in [5.41, 5.74) is 1.66. The molecular formula is C14H22N4O. The average Bonchev–Trinajstić information content (AvgIpc) is 2.80. The van der Waals surface area contributed by atoms with Gasteiger partial charge in [0, 0.05) is 38.8 Å². The van der Waals surface area contributed by atoms with Crippen molar-refractivity contribution in [3.63, 3.8) is 0 Å². The van der Waals surface area contributed by atoms with Crippen LogP contribution in [0.2, 0.25) is 0 Å². The van der Waals surface area contributed by atoms with Crippen molar-refractivity contribution in [2.45, 2.75) is 13.3 Å². The van der Waals surface area contributed by atoms with Gasteiger partial charge in [-0.05, 0) is 13.0 Å². The quantitative estimate of drug-likeness (QED) is 0.758. The summed E-state index contributed by atoms with van der Waals surface area (Å²) in [5, 5.41) is 4.19. The predicted molar refractivity (Wildman–Crippen MR) is 75.1 cm³/mol. The van der Waals surface area contributed by atoms with E-state index in [9.17, 15) is 4.79 Å². The van der Waals surface area contributed by atoms with Crippen LogP contribution in [0.5, 0.6) is 0 Å². The molecule has 0 radical (unpaired) electrons. The molecule has 1 fully saturated rings. The van der Waals surface area contributed by atoms with E-state index in [-0.39, 0.29) is 5.91 Å². The fraction of sp³-hybridized carbons (Fsp3) is 0.571. The summed E-state index contributed by atoms with van der Waals surface area (Å²) in [6, 6.07) is 0. The van der Waals surface area contributed by atoms with E-state index in [1.165, 1.54) is 0 Å². The Labute approximate surface area is 114 Å². The molecule has 2 heterocycles. The number of hydrogen-bond donors (Lipinski definition) is 0. The Bertz CT molecular complexity index is 458. The smallest absolute Gasteiger partial charge is 0.272 e. The van der Waals surface area contributed by atoms with Gasteiger partial charge in [-0.25, -0.2) is 0 Å². The first-order valence-electron chi connectivity index (χ1n) is 6.80. The predicted octanol–water partition coefficient (Wildman–Crippen LogP) is 0.926. The first kappa shape index (κ1) is 13.8. The Morgan fingerprint density at radius 2 is 2.11 bits per heavy atom. The van der Waals surface area contributed by atoms with Crippen LogP contribution in [0.1, 0.15) is 23.0 Å². The maximum Gasteiger partial charge on any atom is 0.272 e. The second kappa shape index (κ2) is 6.02. The number of likely N-dealkylation sites (N-methyl/N-ethyl adjacent to an activating group) is 1. The van der Waals surface area contributed by atoms with E-state index in [1.807, 2.05) is 18.0 Å². The molecular weight excluding hydrogens is 240 g/mol. The van der Waals surface area contributed by atoms with E-state index < -0.39 is 0 Å². The van der Waals surface area contributed by atoms with Gasteiger partial charge in [-0.3, -0.25) is 9.48 Å². The van der Waals surface area contributed by atoms with Crippen molar-refractivity contribution in [1.82, 2.24) is 19.6 Å². The standard InChI is InChI=1S/C14H22N4O/c1-4-6-12-11-15-16(3)13(12)14(19)18-9-7-17(5-2)8-10-18/h4,11H,1,5-10H2,2-3H3. The van der Waals surface area contributed by atoms with Crippen LogP contribution in [0, 0.1) is 0 Å². The van der Waals surface area contributed by atoms with Gasteiger partial charge >= 0.3 is 0 Å². The van der Waals surface area contributed by atoms with Crippen molar-refractivity contribution >= 4 is 5.91 Å². The molecule has 0 unspecified atom stereocenters. The summed E-state index contributed by atoms with van der Waals surface area (Å²) >= 11 is 0. The monoisotopic (exact) mass is 262 g/mol. The minimum Gasteiger partial charge on any atom is -0.335 e. The summed E-state index contributed by atoms with van der Waals surface area (Å²) in [7, 11) is 1.82. The highest BCUT2D eigenvalue weighted by Crippen LogP contribution is 2.13. The van der Waals surface area contributed by atoms with Gasteiger partial charge in [0.05, 0.1) is 6.20 Å². The van der Waals surface area contributed by atoms with Crippen molar-refractivity contribution in [2.24, 2.45) is 7.05 Å². The van der Waals surface area contributed by atoms with Crippen molar-refractivity contribution < 1.29 is 4.79 Å². The van der Waals surface area contributed by atoms with Gasteiger partial charge in [0.2, 0.25) is 0 Å². The van der Waals surface area contributed by atoms with Crippen molar-refractivity contribution in [1.29, 1.82) is 0 Å². The molecule has 1 amide bonds. The van der Waals surface area contributed by atoms with Crippen LogP contribution in [0.25, 0.3) is 0 Å². The number of piperazine rings is 1.